The number of fused-ring (bicyclic) bond motifs is 1. The standard InChI is InChI=1S/C22H22N4O2/c1-14(27)23-12-16-4-3-5-17(10-16)18-6-9-21-20(11-18)22(25-13-24-21)26(15(2)28)19-7-8-19/h3-6,9-11,13,19H,7-8,12H2,1-2H3,(H,23,27). The van der Waals surface area contributed by atoms with Crippen molar-refractivity contribution >= 4 is 28.5 Å². The number of hydrogen-bond acceptors (Lipinski definition) is 4. The molecule has 2 aromatic carbocycles. The molecule has 2 amide bonds. The van der Waals surface area contributed by atoms with Crippen molar-refractivity contribution in [3.05, 3.63) is 54.4 Å². The monoisotopic (exact) mass is 374 g/mol. The molecular weight excluding hydrogens is 352 g/mol. The Bertz CT molecular complexity index is 1060. The highest BCUT2D eigenvalue weighted by molar-refractivity contribution is 6.02. The molecule has 0 atom stereocenters. The van der Waals surface area contributed by atoms with Crippen LogP contribution in [0.3, 0.4) is 0 Å². The van der Waals surface area contributed by atoms with Gasteiger partial charge in [-0.05, 0) is 47.7 Å². The van der Waals surface area contributed by atoms with Crippen LogP contribution in [0.15, 0.2) is 48.8 Å². The Morgan fingerprint density at radius 2 is 1.86 bits per heavy atom. The van der Waals surface area contributed by atoms with Crippen LogP contribution in [0.25, 0.3) is 22.0 Å². The van der Waals surface area contributed by atoms with Gasteiger partial charge in [0.2, 0.25) is 11.8 Å². The van der Waals surface area contributed by atoms with Gasteiger partial charge in [0, 0.05) is 31.8 Å². The van der Waals surface area contributed by atoms with Gasteiger partial charge in [-0.1, -0.05) is 24.3 Å². The number of carbonyl (C=O) groups is 2. The number of carbonyl (C=O) groups excluding carboxylic acids is 2. The van der Waals surface area contributed by atoms with Crippen LogP contribution in [-0.2, 0) is 16.1 Å². The molecule has 0 aliphatic heterocycles. The molecule has 0 spiro atoms. The molecule has 0 saturated heterocycles. The molecule has 1 N–H and O–H groups in total. The van der Waals surface area contributed by atoms with Gasteiger partial charge >= 0.3 is 0 Å². The number of nitrogens with one attached hydrogen (secondary N) is 1. The molecule has 142 valence electrons. The molecule has 28 heavy (non-hydrogen) atoms. The molecule has 1 aliphatic carbocycles. The van der Waals surface area contributed by atoms with E-state index in [0.717, 1.165) is 40.4 Å². The zero-order valence-corrected chi connectivity index (χ0v) is 16.0. The maximum absolute atomic E-state index is 12.2. The highest BCUT2D eigenvalue weighted by Gasteiger charge is 2.33. The van der Waals surface area contributed by atoms with E-state index in [1.54, 1.807) is 11.8 Å². The van der Waals surface area contributed by atoms with Gasteiger partial charge in [-0.3, -0.25) is 14.5 Å². The predicted molar refractivity (Wildman–Crippen MR) is 109 cm³/mol. The lowest BCUT2D eigenvalue weighted by atomic mass is 10.0. The molecule has 1 heterocycles. The third-order valence-electron chi connectivity index (χ3n) is 4.90. The van der Waals surface area contributed by atoms with Crippen LogP contribution >= 0.6 is 0 Å². The number of anilines is 1. The van der Waals surface area contributed by atoms with Crippen LogP contribution in [0.4, 0.5) is 5.82 Å². The van der Waals surface area contributed by atoms with E-state index in [4.69, 9.17) is 0 Å². The minimum atomic E-state index is -0.0534. The Hall–Kier alpha value is -3.28. The summed E-state index contributed by atoms with van der Waals surface area (Å²) in [6.07, 6.45) is 3.54. The van der Waals surface area contributed by atoms with E-state index in [-0.39, 0.29) is 17.9 Å². The van der Waals surface area contributed by atoms with Gasteiger partial charge in [0.15, 0.2) is 0 Å². The van der Waals surface area contributed by atoms with Gasteiger partial charge in [-0.15, -0.1) is 0 Å². The molecule has 6 nitrogen and oxygen atoms in total. The van der Waals surface area contributed by atoms with Gasteiger partial charge in [0.05, 0.1) is 5.52 Å². The van der Waals surface area contributed by atoms with E-state index in [9.17, 15) is 9.59 Å². The summed E-state index contributed by atoms with van der Waals surface area (Å²) in [5.74, 6) is 0.628. The smallest absolute Gasteiger partial charge is 0.225 e. The average Bonchev–Trinajstić information content (AvgIpc) is 3.51. The molecule has 1 saturated carbocycles. The fourth-order valence-corrected chi connectivity index (χ4v) is 3.41. The number of amides is 2. The first-order valence-electron chi connectivity index (χ1n) is 9.41. The first-order valence-corrected chi connectivity index (χ1v) is 9.41. The molecule has 3 aromatic rings. The molecule has 4 rings (SSSR count). The molecule has 6 heteroatoms. The topological polar surface area (TPSA) is 75.2 Å². The van der Waals surface area contributed by atoms with Gasteiger partial charge in [-0.25, -0.2) is 9.97 Å². The van der Waals surface area contributed by atoms with Gasteiger partial charge < -0.3 is 5.32 Å². The lowest BCUT2D eigenvalue weighted by Crippen LogP contribution is -2.31. The minimum absolute atomic E-state index is 0.00482. The van der Waals surface area contributed by atoms with Crippen molar-refractivity contribution in [3.8, 4) is 11.1 Å². The predicted octanol–water partition coefficient (Wildman–Crippen LogP) is 3.45. The van der Waals surface area contributed by atoms with Crippen molar-refractivity contribution in [2.45, 2.75) is 39.3 Å². The normalized spacial score (nSPS) is 13.4. The Morgan fingerprint density at radius 1 is 1.07 bits per heavy atom. The fraction of sp³-hybridized carbons (Fsp3) is 0.273. The van der Waals surface area contributed by atoms with Crippen LogP contribution in [0.2, 0.25) is 0 Å². The van der Waals surface area contributed by atoms with Gasteiger partial charge in [0.1, 0.15) is 12.1 Å². The molecule has 1 fully saturated rings. The highest BCUT2D eigenvalue weighted by atomic mass is 16.2. The summed E-state index contributed by atoms with van der Waals surface area (Å²) in [6.45, 7) is 3.59. The fourth-order valence-electron chi connectivity index (χ4n) is 3.41. The average molecular weight is 374 g/mol. The summed E-state index contributed by atoms with van der Waals surface area (Å²) in [7, 11) is 0. The number of benzene rings is 2. The zero-order valence-electron chi connectivity index (χ0n) is 16.0. The molecule has 0 bridgehead atoms. The Balaban J connectivity index is 1.75. The van der Waals surface area contributed by atoms with Gasteiger partial charge in [-0.2, -0.15) is 0 Å². The van der Waals surface area contributed by atoms with E-state index in [2.05, 4.69) is 21.4 Å². The maximum Gasteiger partial charge on any atom is 0.225 e. The lowest BCUT2D eigenvalue weighted by molar-refractivity contribution is -0.119. The number of aromatic nitrogens is 2. The molecular formula is C22H22N4O2. The van der Waals surface area contributed by atoms with E-state index in [1.165, 1.54) is 13.3 Å². The van der Waals surface area contributed by atoms with Crippen molar-refractivity contribution in [3.63, 3.8) is 0 Å². The van der Waals surface area contributed by atoms with Crippen LogP contribution in [0.5, 0.6) is 0 Å². The van der Waals surface area contributed by atoms with Crippen molar-refractivity contribution in [2.75, 3.05) is 4.90 Å². The third kappa shape index (κ3) is 3.71. The Morgan fingerprint density at radius 3 is 2.57 bits per heavy atom. The molecule has 0 radical (unpaired) electrons. The Labute approximate surface area is 163 Å². The number of nitrogens with zero attached hydrogens (tertiary/aromatic N) is 3. The molecule has 0 unspecified atom stereocenters. The maximum atomic E-state index is 12.2. The van der Waals surface area contributed by atoms with Crippen LogP contribution in [0, 0.1) is 0 Å². The van der Waals surface area contributed by atoms with Crippen LogP contribution < -0.4 is 10.2 Å². The quantitative estimate of drug-likeness (QED) is 0.742. The van der Waals surface area contributed by atoms with Crippen LogP contribution in [-0.4, -0.2) is 27.8 Å². The van der Waals surface area contributed by atoms with Crippen molar-refractivity contribution in [2.24, 2.45) is 0 Å². The summed E-state index contributed by atoms with van der Waals surface area (Å²) < 4.78 is 0. The summed E-state index contributed by atoms with van der Waals surface area (Å²) in [4.78, 5) is 34.0. The Kier molecular flexibility index (Phi) is 4.77. The second-order valence-corrected chi connectivity index (χ2v) is 7.16. The summed E-state index contributed by atoms with van der Waals surface area (Å²) in [6, 6.07) is 14.3. The second-order valence-electron chi connectivity index (χ2n) is 7.16. The van der Waals surface area contributed by atoms with E-state index in [1.807, 2.05) is 36.4 Å². The highest BCUT2D eigenvalue weighted by Crippen LogP contribution is 2.35. The SMILES string of the molecule is CC(=O)NCc1cccc(-c2ccc3ncnc(N(C(C)=O)C4CC4)c3c2)c1. The largest absolute Gasteiger partial charge is 0.352 e. The first-order chi connectivity index (χ1) is 13.5. The van der Waals surface area contributed by atoms with Crippen molar-refractivity contribution in [1.29, 1.82) is 0 Å². The second kappa shape index (κ2) is 7.38. The molecule has 1 aliphatic rings. The van der Waals surface area contributed by atoms with E-state index >= 15 is 0 Å². The van der Waals surface area contributed by atoms with Gasteiger partial charge in [0.25, 0.3) is 0 Å². The first kappa shape index (κ1) is 18.1. The summed E-state index contributed by atoms with van der Waals surface area (Å²) >= 11 is 0. The number of rotatable bonds is 5. The molecule has 1 aromatic heterocycles. The zero-order chi connectivity index (χ0) is 19.7. The lowest BCUT2D eigenvalue weighted by Gasteiger charge is -2.21. The summed E-state index contributed by atoms with van der Waals surface area (Å²) in [5.41, 5.74) is 3.91. The third-order valence-corrected chi connectivity index (χ3v) is 4.90. The van der Waals surface area contributed by atoms with Crippen molar-refractivity contribution < 1.29 is 9.59 Å². The van der Waals surface area contributed by atoms with E-state index < -0.39 is 0 Å². The minimum Gasteiger partial charge on any atom is -0.352 e. The van der Waals surface area contributed by atoms with Crippen molar-refractivity contribution in [1.82, 2.24) is 15.3 Å². The van der Waals surface area contributed by atoms with E-state index in [0.29, 0.717) is 12.4 Å². The van der Waals surface area contributed by atoms with Crippen LogP contribution in [0.1, 0.15) is 32.3 Å². The summed E-state index contributed by atoms with van der Waals surface area (Å²) in [5, 5.41) is 3.69. The number of hydrogen-bond donors (Lipinski definition) is 1.